The molecule has 36 heavy (non-hydrogen) atoms. The van der Waals surface area contributed by atoms with E-state index in [1.807, 2.05) is 0 Å². The predicted molar refractivity (Wildman–Crippen MR) is 150 cm³/mol. The van der Waals surface area contributed by atoms with E-state index in [1.54, 1.807) is 12.1 Å². The quantitative estimate of drug-likeness (QED) is 0.136. The second-order valence-corrected chi connectivity index (χ2v) is 10.3. The van der Waals surface area contributed by atoms with Crippen LogP contribution >= 0.6 is 0 Å². The molecule has 0 aliphatic heterocycles. The minimum Gasteiger partial charge on any atom is -0.478 e. The van der Waals surface area contributed by atoms with E-state index in [9.17, 15) is 9.59 Å². The van der Waals surface area contributed by atoms with Gasteiger partial charge >= 0.3 is 11.9 Å². The van der Waals surface area contributed by atoms with Gasteiger partial charge in [-0.15, -0.1) is 0 Å². The Morgan fingerprint density at radius 3 is 1.83 bits per heavy atom. The average Bonchev–Trinajstić information content (AvgIpc) is 2.86. The van der Waals surface area contributed by atoms with Gasteiger partial charge in [0.1, 0.15) is 0 Å². The second kappa shape index (κ2) is 23.5. The summed E-state index contributed by atoms with van der Waals surface area (Å²) in [4.78, 5) is 23.1. The normalized spacial score (nSPS) is 11.6. The van der Waals surface area contributed by atoms with E-state index in [0.717, 1.165) is 25.2 Å². The molecule has 0 saturated carbocycles. The van der Waals surface area contributed by atoms with Crippen LogP contribution in [0.5, 0.6) is 0 Å². The molecule has 0 aromatic heterocycles. The number of unbranched alkanes of at least 4 members (excludes halogenated alkanes) is 9. The summed E-state index contributed by atoms with van der Waals surface area (Å²) in [5, 5.41) is 18.0. The van der Waals surface area contributed by atoms with Crippen molar-refractivity contribution in [2.45, 2.75) is 124 Å². The number of carboxylic acid groups (broad SMARTS) is 1. The summed E-state index contributed by atoms with van der Waals surface area (Å²) in [5.74, 6) is -0.277. The van der Waals surface area contributed by atoms with Gasteiger partial charge in [0.05, 0.1) is 17.7 Å². The van der Waals surface area contributed by atoms with Crippen molar-refractivity contribution in [3.8, 4) is 0 Å². The number of aliphatic hydroxyl groups is 1. The van der Waals surface area contributed by atoms with Crippen molar-refractivity contribution in [1.82, 2.24) is 0 Å². The average molecular weight is 507 g/mol. The van der Waals surface area contributed by atoms with Crippen LogP contribution in [0.15, 0.2) is 24.3 Å². The Bertz CT molecular complexity index is 671. The van der Waals surface area contributed by atoms with E-state index in [0.29, 0.717) is 19.1 Å². The Morgan fingerprint density at radius 2 is 1.31 bits per heavy atom. The molecule has 0 aliphatic carbocycles. The summed E-state index contributed by atoms with van der Waals surface area (Å²) in [6.45, 7) is 9.68. The van der Waals surface area contributed by atoms with Gasteiger partial charge in [0.25, 0.3) is 0 Å². The third-order valence-electron chi connectivity index (χ3n) is 6.46. The molecule has 0 saturated heterocycles. The molecule has 5 heteroatoms. The largest absolute Gasteiger partial charge is 0.478 e. The molecule has 1 atom stereocenters. The summed E-state index contributed by atoms with van der Waals surface area (Å²) in [5.41, 5.74) is 0.112. The lowest BCUT2D eigenvalue weighted by atomic mass is 9.98. The first-order chi connectivity index (χ1) is 17.4. The van der Waals surface area contributed by atoms with Gasteiger partial charge in [-0.05, 0) is 43.2 Å². The first kappa shape index (κ1) is 34.1. The molecule has 0 fully saturated rings. The molecule has 1 aromatic carbocycles. The molecule has 0 radical (unpaired) electrons. The third kappa shape index (κ3) is 18.4. The molecular formula is C31H54O5. The van der Waals surface area contributed by atoms with E-state index in [4.69, 9.17) is 14.9 Å². The van der Waals surface area contributed by atoms with Gasteiger partial charge in [-0.1, -0.05) is 117 Å². The van der Waals surface area contributed by atoms with Crippen molar-refractivity contribution in [2.24, 2.45) is 11.8 Å². The lowest BCUT2D eigenvalue weighted by Gasteiger charge is -2.11. The lowest BCUT2D eigenvalue weighted by molar-refractivity contribution is 0.0487. The molecule has 1 rings (SSSR count). The molecule has 0 heterocycles. The summed E-state index contributed by atoms with van der Waals surface area (Å²) in [7, 11) is 0. The Balaban J connectivity index is 0.000000935. The molecule has 208 valence electrons. The molecule has 0 spiro atoms. The summed E-state index contributed by atoms with van der Waals surface area (Å²) in [6.07, 6.45) is 18.4. The van der Waals surface area contributed by atoms with Crippen molar-refractivity contribution >= 4 is 11.9 Å². The number of hydrogen-bond acceptors (Lipinski definition) is 4. The van der Waals surface area contributed by atoms with Crippen LogP contribution < -0.4 is 0 Å². The first-order valence-electron chi connectivity index (χ1n) is 14.5. The number of carbonyl (C=O) groups is 2. The topological polar surface area (TPSA) is 83.8 Å². The highest BCUT2D eigenvalue weighted by atomic mass is 16.5. The summed E-state index contributed by atoms with van der Waals surface area (Å²) in [6, 6.07) is 6.15. The Hall–Kier alpha value is -1.88. The number of esters is 1. The summed E-state index contributed by atoms with van der Waals surface area (Å²) < 4.78 is 5.20. The van der Waals surface area contributed by atoms with Crippen LogP contribution in [-0.4, -0.2) is 35.4 Å². The molecule has 1 unspecified atom stereocenters. The van der Waals surface area contributed by atoms with Crippen LogP contribution in [-0.2, 0) is 4.74 Å². The maximum Gasteiger partial charge on any atom is 0.339 e. The highest BCUT2D eigenvalue weighted by Gasteiger charge is 2.16. The molecule has 0 bridgehead atoms. The van der Waals surface area contributed by atoms with Crippen LogP contribution in [0.2, 0.25) is 0 Å². The van der Waals surface area contributed by atoms with Gasteiger partial charge in [0.15, 0.2) is 0 Å². The molecule has 2 N–H and O–H groups in total. The van der Waals surface area contributed by atoms with E-state index < -0.39 is 11.9 Å². The fourth-order valence-electron chi connectivity index (χ4n) is 4.22. The lowest BCUT2D eigenvalue weighted by Crippen LogP contribution is -2.12. The van der Waals surface area contributed by atoms with E-state index in [-0.39, 0.29) is 11.1 Å². The van der Waals surface area contributed by atoms with Crippen LogP contribution in [0.4, 0.5) is 0 Å². The van der Waals surface area contributed by atoms with E-state index in [2.05, 4.69) is 27.7 Å². The number of ether oxygens (including phenoxy) is 1. The number of carboxylic acids is 1. The van der Waals surface area contributed by atoms with E-state index in [1.165, 1.54) is 89.2 Å². The Kier molecular flexibility index (Phi) is 22.3. The van der Waals surface area contributed by atoms with Gasteiger partial charge in [-0.25, -0.2) is 9.59 Å². The Labute approximate surface area is 221 Å². The number of rotatable bonds is 20. The van der Waals surface area contributed by atoms with Crippen LogP contribution in [0, 0.1) is 11.8 Å². The standard InChI is InChI=1S/C21H32O4.C10H22O/c1-17(2)13-9-7-5-3-4-6-8-12-16-25-21(24)19-15-11-10-14-18(19)20(22)23;1-3-5-6-8-10(9-11)7-4-2/h10-11,14-15,17H,3-9,12-13,16H2,1-2H3,(H,22,23);10-11H,3-9H2,1-2H3. The van der Waals surface area contributed by atoms with Crippen molar-refractivity contribution in [1.29, 1.82) is 0 Å². The maximum absolute atomic E-state index is 12.0. The monoisotopic (exact) mass is 506 g/mol. The number of hydrogen-bond donors (Lipinski definition) is 2. The van der Waals surface area contributed by atoms with E-state index >= 15 is 0 Å². The van der Waals surface area contributed by atoms with Crippen molar-refractivity contribution in [3.63, 3.8) is 0 Å². The first-order valence-corrected chi connectivity index (χ1v) is 14.5. The fourth-order valence-corrected chi connectivity index (χ4v) is 4.22. The summed E-state index contributed by atoms with van der Waals surface area (Å²) >= 11 is 0. The van der Waals surface area contributed by atoms with Crippen molar-refractivity contribution in [2.75, 3.05) is 13.2 Å². The zero-order valence-electron chi connectivity index (χ0n) is 23.6. The third-order valence-corrected chi connectivity index (χ3v) is 6.46. The zero-order chi connectivity index (χ0) is 27.0. The number of carbonyl (C=O) groups excluding carboxylic acids is 1. The number of aromatic carboxylic acids is 1. The Morgan fingerprint density at radius 1 is 0.750 bits per heavy atom. The highest BCUT2D eigenvalue weighted by Crippen LogP contribution is 2.15. The molecule has 0 aliphatic rings. The maximum atomic E-state index is 12.0. The fraction of sp³-hybridized carbons (Fsp3) is 0.742. The number of aliphatic hydroxyl groups excluding tert-OH is 1. The SMILES string of the molecule is CC(C)CCCCCCCCCCOC(=O)c1ccccc1C(=O)O.CCCCCC(CO)CCC. The molecule has 5 nitrogen and oxygen atoms in total. The molecular weight excluding hydrogens is 452 g/mol. The predicted octanol–water partition coefficient (Wildman–Crippen LogP) is 8.68. The minimum atomic E-state index is -1.11. The highest BCUT2D eigenvalue weighted by molar-refractivity contribution is 6.02. The van der Waals surface area contributed by atoms with Crippen molar-refractivity contribution in [3.05, 3.63) is 35.4 Å². The minimum absolute atomic E-state index is 0.00929. The van der Waals surface area contributed by atoms with Gasteiger partial charge < -0.3 is 14.9 Å². The van der Waals surface area contributed by atoms with Crippen LogP contribution in [0.1, 0.15) is 145 Å². The molecule has 1 aromatic rings. The van der Waals surface area contributed by atoms with Crippen molar-refractivity contribution < 1.29 is 24.5 Å². The smallest absolute Gasteiger partial charge is 0.339 e. The van der Waals surface area contributed by atoms with Crippen LogP contribution in [0.3, 0.4) is 0 Å². The van der Waals surface area contributed by atoms with Gasteiger partial charge in [-0.2, -0.15) is 0 Å². The molecule has 0 amide bonds. The van der Waals surface area contributed by atoms with Gasteiger partial charge in [0.2, 0.25) is 0 Å². The second-order valence-electron chi connectivity index (χ2n) is 10.3. The zero-order valence-corrected chi connectivity index (χ0v) is 23.6. The van der Waals surface area contributed by atoms with Gasteiger partial charge in [0, 0.05) is 6.61 Å². The van der Waals surface area contributed by atoms with Crippen LogP contribution in [0.25, 0.3) is 0 Å². The number of benzene rings is 1. The van der Waals surface area contributed by atoms with Gasteiger partial charge in [-0.3, -0.25) is 0 Å².